The third-order valence-electron chi connectivity index (χ3n) is 7.06. The fourth-order valence-corrected chi connectivity index (χ4v) is 5.19. The number of benzene rings is 5. The summed E-state index contributed by atoms with van der Waals surface area (Å²) in [6.45, 7) is 1.19. The normalized spacial score (nSPS) is 11.8. The predicted octanol–water partition coefficient (Wildman–Crippen LogP) is 6.40. The lowest BCUT2D eigenvalue weighted by molar-refractivity contribution is 0.414. The second-order valence-electron chi connectivity index (χ2n) is 9.38. The second-order valence-corrected chi connectivity index (χ2v) is 9.38. The Kier molecular flexibility index (Phi) is 5.45. The first-order chi connectivity index (χ1) is 19.1. The van der Waals surface area contributed by atoms with Gasteiger partial charge in [0.2, 0.25) is 0 Å². The summed E-state index contributed by atoms with van der Waals surface area (Å²) >= 11 is 0. The van der Waals surface area contributed by atoms with Gasteiger partial charge in [-0.05, 0) is 75.6 Å². The van der Waals surface area contributed by atoms with Crippen LogP contribution in [0.15, 0.2) is 83.5 Å². The molecule has 1 N–H and O–H groups in total. The van der Waals surface area contributed by atoms with Gasteiger partial charge in [0.15, 0.2) is 0 Å². The van der Waals surface area contributed by atoms with Crippen LogP contribution in [0.5, 0.6) is 5.75 Å². The van der Waals surface area contributed by atoms with Crippen LogP contribution in [0.3, 0.4) is 0 Å². The van der Waals surface area contributed by atoms with Crippen molar-refractivity contribution in [3.63, 3.8) is 0 Å². The molecule has 0 aliphatic carbocycles. The van der Waals surface area contributed by atoms with E-state index in [9.17, 15) is 8.78 Å². The van der Waals surface area contributed by atoms with Gasteiger partial charge in [-0.1, -0.05) is 18.2 Å². The highest BCUT2D eigenvalue weighted by molar-refractivity contribution is 6.25. The van der Waals surface area contributed by atoms with Crippen molar-refractivity contribution < 1.29 is 17.9 Å². The van der Waals surface area contributed by atoms with Gasteiger partial charge in [0, 0.05) is 46.3 Å². The summed E-state index contributed by atoms with van der Waals surface area (Å²) in [6, 6.07) is 21.3. The van der Waals surface area contributed by atoms with Crippen molar-refractivity contribution in [1.82, 2.24) is 25.5 Å². The molecule has 0 aliphatic rings. The molecule has 7 rings (SSSR count). The average Bonchev–Trinajstić information content (AvgIpc) is 3.69. The van der Waals surface area contributed by atoms with Gasteiger partial charge in [-0.3, -0.25) is 0 Å². The Morgan fingerprint density at radius 1 is 0.846 bits per heavy atom. The molecule has 192 valence electrons. The van der Waals surface area contributed by atoms with Gasteiger partial charge in [0.05, 0.1) is 12.8 Å². The number of ether oxygens (including phenoxy) is 1. The smallest absolute Gasteiger partial charge is 0.143 e. The zero-order valence-electron chi connectivity index (χ0n) is 20.8. The zero-order valence-corrected chi connectivity index (χ0v) is 20.8. The largest absolute Gasteiger partial charge is 0.497 e. The van der Waals surface area contributed by atoms with Crippen LogP contribution in [0.2, 0.25) is 0 Å². The summed E-state index contributed by atoms with van der Waals surface area (Å²) < 4.78 is 41.1. The Morgan fingerprint density at radius 3 is 2.46 bits per heavy atom. The van der Waals surface area contributed by atoms with Crippen molar-refractivity contribution in [1.29, 1.82) is 0 Å². The molecule has 0 atom stereocenters. The van der Waals surface area contributed by atoms with Crippen LogP contribution in [0.1, 0.15) is 11.1 Å². The van der Waals surface area contributed by atoms with Crippen molar-refractivity contribution >= 4 is 32.7 Å². The first kappa shape index (κ1) is 23.2. The van der Waals surface area contributed by atoms with E-state index in [1.807, 2.05) is 36.4 Å². The SMILES string of the molecule is COc1ccc(-n2cnnn2)c(CNCc2ccc3c(c2)c2oc3c3ccc(-c4ccc(F)cc4F)cc32)c1. The van der Waals surface area contributed by atoms with Crippen LogP contribution >= 0.6 is 0 Å². The molecule has 9 heteroatoms. The first-order valence-corrected chi connectivity index (χ1v) is 12.4. The van der Waals surface area contributed by atoms with Crippen LogP contribution in [0.25, 0.3) is 49.5 Å². The summed E-state index contributed by atoms with van der Waals surface area (Å²) in [4.78, 5) is 0. The Balaban J connectivity index is 1.18. The van der Waals surface area contributed by atoms with E-state index < -0.39 is 11.6 Å². The third-order valence-corrected chi connectivity index (χ3v) is 7.06. The van der Waals surface area contributed by atoms with Gasteiger partial charge >= 0.3 is 0 Å². The molecule has 0 unspecified atom stereocenters. The predicted molar refractivity (Wildman–Crippen MR) is 144 cm³/mol. The molecule has 0 saturated heterocycles. The van der Waals surface area contributed by atoms with E-state index in [1.54, 1.807) is 18.1 Å². The van der Waals surface area contributed by atoms with E-state index in [0.717, 1.165) is 61.3 Å². The quantitative estimate of drug-likeness (QED) is 0.245. The van der Waals surface area contributed by atoms with Crippen LogP contribution in [0, 0.1) is 11.6 Å². The monoisotopic (exact) mass is 521 g/mol. The number of fused-ring (bicyclic) bond motifs is 8. The molecule has 0 saturated carbocycles. The number of aromatic nitrogens is 4. The third kappa shape index (κ3) is 3.95. The number of furan rings is 2. The summed E-state index contributed by atoms with van der Waals surface area (Å²) in [5.74, 6) is -0.441. The molecule has 4 aromatic carbocycles. The summed E-state index contributed by atoms with van der Waals surface area (Å²) in [5.41, 5.74) is 5.54. The highest BCUT2D eigenvalue weighted by Gasteiger charge is 2.19. The number of methoxy groups -OCH3 is 1. The van der Waals surface area contributed by atoms with Crippen LogP contribution in [0.4, 0.5) is 8.78 Å². The maximum Gasteiger partial charge on any atom is 0.143 e. The van der Waals surface area contributed by atoms with E-state index in [0.29, 0.717) is 24.2 Å². The standard InChI is InChI=1S/C30H21F2N5O2/c1-38-21-5-9-28(37-16-34-35-36-37)19(11-21)15-33-14-17-2-6-23-25(10-17)30-26-12-18(3-7-24(26)29(23)39-30)22-8-4-20(31)13-27(22)32/h2-13,16,33H,14-15H2,1H3. The van der Waals surface area contributed by atoms with E-state index >= 15 is 0 Å². The van der Waals surface area contributed by atoms with Gasteiger partial charge in [-0.15, -0.1) is 5.10 Å². The maximum absolute atomic E-state index is 14.4. The van der Waals surface area contributed by atoms with Crippen molar-refractivity contribution in [2.24, 2.45) is 0 Å². The van der Waals surface area contributed by atoms with Crippen molar-refractivity contribution in [3.05, 3.63) is 102 Å². The van der Waals surface area contributed by atoms with Crippen LogP contribution < -0.4 is 10.1 Å². The van der Waals surface area contributed by atoms with E-state index in [-0.39, 0.29) is 0 Å². The molecule has 2 bridgehead atoms. The van der Waals surface area contributed by atoms with Crippen molar-refractivity contribution in [3.8, 4) is 22.6 Å². The van der Waals surface area contributed by atoms with Crippen molar-refractivity contribution in [2.75, 3.05) is 7.11 Å². The van der Waals surface area contributed by atoms with E-state index in [2.05, 4.69) is 39.0 Å². The fraction of sp³-hybridized carbons (Fsp3) is 0.100. The minimum Gasteiger partial charge on any atom is -0.497 e. The first-order valence-electron chi connectivity index (χ1n) is 12.4. The lowest BCUT2D eigenvalue weighted by Gasteiger charge is -2.12. The van der Waals surface area contributed by atoms with Gasteiger partial charge in [0.1, 0.15) is 34.9 Å². The van der Waals surface area contributed by atoms with Crippen LogP contribution in [-0.2, 0) is 13.1 Å². The van der Waals surface area contributed by atoms with Gasteiger partial charge < -0.3 is 14.5 Å². The maximum atomic E-state index is 14.4. The molecule has 0 spiro atoms. The Morgan fingerprint density at radius 2 is 1.67 bits per heavy atom. The molecular formula is C30H21F2N5O2. The molecule has 3 heterocycles. The minimum atomic E-state index is -0.599. The minimum absolute atomic E-state index is 0.351. The van der Waals surface area contributed by atoms with Crippen molar-refractivity contribution in [2.45, 2.75) is 13.1 Å². The number of nitrogens with one attached hydrogen (secondary N) is 1. The number of halogens is 2. The molecule has 0 fully saturated rings. The number of nitrogens with zero attached hydrogens (tertiary/aromatic N) is 4. The summed E-state index contributed by atoms with van der Waals surface area (Å²) in [7, 11) is 1.64. The highest BCUT2D eigenvalue weighted by atomic mass is 19.1. The second kappa shape index (κ2) is 9.14. The molecule has 7 aromatic rings. The summed E-state index contributed by atoms with van der Waals surface area (Å²) in [5, 5.41) is 18.9. The number of hydrogen-bond donors (Lipinski definition) is 1. The molecular weight excluding hydrogens is 500 g/mol. The fourth-order valence-electron chi connectivity index (χ4n) is 5.19. The molecule has 0 amide bonds. The molecule has 39 heavy (non-hydrogen) atoms. The van der Waals surface area contributed by atoms with E-state index in [1.165, 1.54) is 12.1 Å². The van der Waals surface area contributed by atoms with E-state index in [4.69, 9.17) is 9.15 Å². The molecule has 0 aliphatic heterocycles. The number of hydrogen-bond acceptors (Lipinski definition) is 6. The molecule has 0 radical (unpaired) electrons. The Bertz CT molecular complexity index is 1970. The van der Waals surface area contributed by atoms with Gasteiger partial charge in [-0.25, -0.2) is 13.5 Å². The zero-order chi connectivity index (χ0) is 26.5. The van der Waals surface area contributed by atoms with Crippen LogP contribution in [-0.4, -0.2) is 27.3 Å². The summed E-state index contributed by atoms with van der Waals surface area (Å²) in [6.07, 6.45) is 1.56. The lowest BCUT2D eigenvalue weighted by Crippen LogP contribution is -2.15. The molecule has 3 aromatic heterocycles. The molecule has 7 nitrogen and oxygen atoms in total. The Labute approximate surface area is 220 Å². The Hall–Kier alpha value is -4.89. The average molecular weight is 522 g/mol. The highest BCUT2D eigenvalue weighted by Crippen LogP contribution is 2.42. The lowest BCUT2D eigenvalue weighted by atomic mass is 9.97. The van der Waals surface area contributed by atoms with Gasteiger partial charge in [-0.2, -0.15) is 0 Å². The number of tetrazole rings is 1. The number of rotatable bonds is 7. The topological polar surface area (TPSA) is 78.0 Å². The van der Waals surface area contributed by atoms with Gasteiger partial charge in [0.25, 0.3) is 0 Å².